The van der Waals surface area contributed by atoms with Crippen LogP contribution in [0.1, 0.15) is 16.8 Å². The highest BCUT2D eigenvalue weighted by Gasteiger charge is 2.52. The molecule has 2 aliphatic rings. The van der Waals surface area contributed by atoms with Crippen molar-refractivity contribution in [1.82, 2.24) is 9.21 Å². The zero-order chi connectivity index (χ0) is 19.8. The summed E-state index contributed by atoms with van der Waals surface area (Å²) in [4.78, 5) is 14.5. The lowest BCUT2D eigenvalue weighted by Gasteiger charge is -2.43. The molecular formula is C18H25FN2O5S. The number of piperidine rings is 1. The van der Waals surface area contributed by atoms with Gasteiger partial charge in [0.25, 0.3) is 5.91 Å². The smallest absolute Gasteiger partial charge is 0.253 e. The molecule has 3 rings (SSSR count). The molecule has 7 nitrogen and oxygen atoms in total. The summed E-state index contributed by atoms with van der Waals surface area (Å²) < 4.78 is 49.7. The van der Waals surface area contributed by atoms with Crippen LogP contribution in [0.2, 0.25) is 0 Å². The van der Waals surface area contributed by atoms with Crippen molar-refractivity contribution in [3.8, 4) is 5.75 Å². The number of halogens is 1. The number of hydrogen-bond acceptors (Lipinski definition) is 5. The third-order valence-electron chi connectivity index (χ3n) is 5.69. The van der Waals surface area contributed by atoms with Gasteiger partial charge in [0.15, 0.2) is 11.6 Å². The molecule has 0 unspecified atom stereocenters. The fourth-order valence-electron chi connectivity index (χ4n) is 4.18. The van der Waals surface area contributed by atoms with Crippen LogP contribution >= 0.6 is 0 Å². The molecule has 2 heterocycles. The van der Waals surface area contributed by atoms with Gasteiger partial charge in [-0.25, -0.2) is 17.1 Å². The monoisotopic (exact) mass is 400 g/mol. The van der Waals surface area contributed by atoms with Crippen molar-refractivity contribution < 1.29 is 27.1 Å². The summed E-state index contributed by atoms with van der Waals surface area (Å²) in [6.45, 7) is 2.11. The van der Waals surface area contributed by atoms with Crippen LogP contribution < -0.4 is 4.74 Å². The Balaban J connectivity index is 1.80. The van der Waals surface area contributed by atoms with E-state index in [0.717, 1.165) is 0 Å². The molecular weight excluding hydrogens is 375 g/mol. The topological polar surface area (TPSA) is 76.2 Å². The fourth-order valence-corrected chi connectivity index (χ4v) is 5.12. The van der Waals surface area contributed by atoms with Crippen molar-refractivity contribution in [2.75, 3.05) is 53.3 Å². The van der Waals surface area contributed by atoms with Crippen LogP contribution in [-0.4, -0.2) is 76.8 Å². The normalized spacial score (nSPS) is 26.1. The number of likely N-dealkylation sites (tertiary alicyclic amines) is 1. The van der Waals surface area contributed by atoms with E-state index in [9.17, 15) is 17.6 Å². The number of fused-ring (bicyclic) bond motifs is 1. The highest BCUT2D eigenvalue weighted by molar-refractivity contribution is 7.88. The number of carbonyl (C=O) groups excluding carboxylic acids is 1. The van der Waals surface area contributed by atoms with E-state index in [4.69, 9.17) is 9.47 Å². The van der Waals surface area contributed by atoms with E-state index in [-0.39, 0.29) is 28.6 Å². The molecule has 0 saturated carbocycles. The van der Waals surface area contributed by atoms with Crippen LogP contribution in [0.4, 0.5) is 4.39 Å². The predicted molar refractivity (Wildman–Crippen MR) is 97.7 cm³/mol. The van der Waals surface area contributed by atoms with Crippen LogP contribution in [0.25, 0.3) is 0 Å². The van der Waals surface area contributed by atoms with Gasteiger partial charge in [-0.15, -0.1) is 0 Å². The third kappa shape index (κ3) is 3.81. The molecule has 1 amide bonds. The molecule has 27 heavy (non-hydrogen) atoms. The van der Waals surface area contributed by atoms with E-state index in [0.29, 0.717) is 39.2 Å². The highest BCUT2D eigenvalue weighted by Crippen LogP contribution is 2.44. The molecule has 9 heteroatoms. The van der Waals surface area contributed by atoms with Gasteiger partial charge in [-0.1, -0.05) is 0 Å². The first-order chi connectivity index (χ1) is 12.7. The van der Waals surface area contributed by atoms with Gasteiger partial charge in [0.2, 0.25) is 10.0 Å². The van der Waals surface area contributed by atoms with Crippen LogP contribution in [0.5, 0.6) is 5.75 Å². The van der Waals surface area contributed by atoms with Crippen LogP contribution in [-0.2, 0) is 14.8 Å². The maximum absolute atomic E-state index is 14.0. The van der Waals surface area contributed by atoms with E-state index in [2.05, 4.69) is 0 Å². The summed E-state index contributed by atoms with van der Waals surface area (Å²) >= 11 is 0. The Hall–Kier alpha value is -1.71. The summed E-state index contributed by atoms with van der Waals surface area (Å²) in [5, 5.41) is 0. The molecule has 1 aromatic carbocycles. The number of carbonyl (C=O) groups is 1. The zero-order valence-electron chi connectivity index (χ0n) is 15.8. The Bertz CT molecular complexity index is 831. The van der Waals surface area contributed by atoms with Crippen LogP contribution in [0, 0.1) is 17.2 Å². The summed E-state index contributed by atoms with van der Waals surface area (Å²) in [6.07, 6.45) is 1.84. The molecule has 2 fully saturated rings. The van der Waals surface area contributed by atoms with Gasteiger partial charge in [0.05, 0.1) is 20.0 Å². The minimum Gasteiger partial charge on any atom is -0.494 e. The third-order valence-corrected chi connectivity index (χ3v) is 6.90. The summed E-state index contributed by atoms with van der Waals surface area (Å²) in [7, 11) is -0.337. The van der Waals surface area contributed by atoms with Crippen molar-refractivity contribution in [1.29, 1.82) is 0 Å². The van der Waals surface area contributed by atoms with E-state index in [1.165, 1.54) is 29.8 Å². The average molecular weight is 400 g/mol. The van der Waals surface area contributed by atoms with E-state index < -0.39 is 15.8 Å². The Labute approximate surface area is 159 Å². The number of hydrogen-bond donors (Lipinski definition) is 0. The molecule has 150 valence electrons. The van der Waals surface area contributed by atoms with E-state index >= 15 is 0 Å². The second-order valence-corrected chi connectivity index (χ2v) is 9.38. The second kappa shape index (κ2) is 7.37. The molecule has 0 aromatic heterocycles. The quantitative estimate of drug-likeness (QED) is 0.743. The lowest BCUT2D eigenvalue weighted by molar-refractivity contribution is 0.00340. The van der Waals surface area contributed by atoms with Gasteiger partial charge in [0, 0.05) is 44.3 Å². The second-order valence-electron chi connectivity index (χ2n) is 7.40. The Morgan fingerprint density at radius 3 is 2.67 bits per heavy atom. The number of nitrogens with zero attached hydrogens (tertiary/aromatic N) is 2. The van der Waals surface area contributed by atoms with Gasteiger partial charge < -0.3 is 14.4 Å². The Morgan fingerprint density at radius 1 is 1.33 bits per heavy atom. The van der Waals surface area contributed by atoms with Gasteiger partial charge >= 0.3 is 0 Å². The standard InChI is InChI=1S/C18H25FN2O5S/c1-25-12-18-6-7-20(9-14(18)10-21(11-18)27(3,23)24)17(22)13-4-5-16(26-2)15(19)8-13/h4-5,8,14H,6-7,9-12H2,1-3H3/t14-,18+/m1/s1. The molecule has 2 aliphatic heterocycles. The van der Waals surface area contributed by atoms with Crippen molar-refractivity contribution >= 4 is 15.9 Å². The van der Waals surface area contributed by atoms with E-state index in [1.807, 2.05) is 0 Å². The van der Waals surface area contributed by atoms with Gasteiger partial charge in [0.1, 0.15) is 0 Å². The van der Waals surface area contributed by atoms with Gasteiger partial charge in [-0.05, 0) is 30.5 Å². The number of ether oxygens (including phenoxy) is 2. The number of rotatable bonds is 5. The zero-order valence-corrected chi connectivity index (χ0v) is 16.6. The maximum atomic E-state index is 14.0. The van der Waals surface area contributed by atoms with Crippen molar-refractivity contribution in [2.24, 2.45) is 11.3 Å². The molecule has 2 atom stereocenters. The summed E-state index contributed by atoms with van der Waals surface area (Å²) in [5.41, 5.74) is -0.0368. The Morgan fingerprint density at radius 2 is 2.07 bits per heavy atom. The van der Waals surface area contributed by atoms with E-state index in [1.54, 1.807) is 18.1 Å². The SMILES string of the molecule is COC[C@@]12CCN(C(=O)c3ccc(OC)c(F)c3)C[C@@H]1CN(S(C)(=O)=O)C2. The molecule has 0 spiro atoms. The molecule has 1 aromatic rings. The lowest BCUT2D eigenvalue weighted by atomic mass is 9.73. The molecule has 0 bridgehead atoms. The minimum atomic E-state index is -3.31. The van der Waals surface area contributed by atoms with Crippen molar-refractivity contribution in [2.45, 2.75) is 6.42 Å². The largest absolute Gasteiger partial charge is 0.494 e. The number of sulfonamides is 1. The molecule has 2 saturated heterocycles. The van der Waals surface area contributed by atoms with Crippen LogP contribution in [0.3, 0.4) is 0 Å². The molecule has 0 aliphatic carbocycles. The van der Waals surface area contributed by atoms with Gasteiger partial charge in [-0.3, -0.25) is 4.79 Å². The van der Waals surface area contributed by atoms with Crippen molar-refractivity contribution in [3.63, 3.8) is 0 Å². The van der Waals surface area contributed by atoms with Crippen molar-refractivity contribution in [3.05, 3.63) is 29.6 Å². The predicted octanol–water partition coefficient (Wildman–Crippen LogP) is 1.20. The molecule has 0 radical (unpaired) electrons. The van der Waals surface area contributed by atoms with Crippen LogP contribution in [0.15, 0.2) is 18.2 Å². The average Bonchev–Trinajstić information content (AvgIpc) is 3.00. The molecule has 0 N–H and O–H groups in total. The first-order valence-corrected chi connectivity index (χ1v) is 10.6. The van der Waals surface area contributed by atoms with Gasteiger partial charge in [-0.2, -0.15) is 0 Å². The first-order valence-electron chi connectivity index (χ1n) is 8.77. The summed E-state index contributed by atoms with van der Waals surface area (Å²) in [6, 6.07) is 4.15. The maximum Gasteiger partial charge on any atom is 0.253 e. The minimum absolute atomic E-state index is 0.0204. The number of methoxy groups -OCH3 is 2. The fraction of sp³-hybridized carbons (Fsp3) is 0.611. The first kappa shape index (κ1) is 20.0. The summed E-state index contributed by atoms with van der Waals surface area (Å²) in [5.74, 6) is -0.782. The number of amides is 1. The lowest BCUT2D eigenvalue weighted by Crippen LogP contribution is -2.50. The number of benzene rings is 1. The highest BCUT2D eigenvalue weighted by atomic mass is 32.2. The Kier molecular flexibility index (Phi) is 5.47.